The molecule has 0 spiro atoms. The Morgan fingerprint density at radius 1 is 1.12 bits per heavy atom. The zero-order chi connectivity index (χ0) is 11.0. The number of fused-ring (bicyclic) bond motifs is 1. The molecule has 1 nitrogen and oxygen atoms in total. The highest BCUT2D eigenvalue weighted by atomic mass is 32.2. The molecular formula is C14H18OS. The number of aryl methyl sites for hydroxylation is 2. The fourth-order valence-corrected chi connectivity index (χ4v) is 3.66. The van der Waals surface area contributed by atoms with E-state index in [2.05, 4.69) is 18.2 Å². The van der Waals surface area contributed by atoms with Crippen LogP contribution in [0.1, 0.15) is 36.8 Å². The monoisotopic (exact) mass is 234 g/mol. The van der Waals surface area contributed by atoms with Gasteiger partial charge < -0.3 is 5.11 Å². The molecule has 0 heterocycles. The van der Waals surface area contributed by atoms with Crippen LogP contribution in [0.3, 0.4) is 0 Å². The molecule has 86 valence electrons. The maximum atomic E-state index is 9.34. The third-order valence-electron chi connectivity index (χ3n) is 3.75. The van der Waals surface area contributed by atoms with Crippen molar-refractivity contribution < 1.29 is 5.11 Å². The number of hydrogen-bond acceptors (Lipinski definition) is 2. The van der Waals surface area contributed by atoms with Gasteiger partial charge in [-0.15, -0.1) is 11.8 Å². The van der Waals surface area contributed by atoms with Crippen molar-refractivity contribution in [2.24, 2.45) is 0 Å². The Balaban J connectivity index is 1.80. The van der Waals surface area contributed by atoms with Crippen molar-refractivity contribution in [3.05, 3.63) is 29.3 Å². The highest BCUT2D eigenvalue weighted by molar-refractivity contribution is 8.01. The molecule has 0 amide bonds. The van der Waals surface area contributed by atoms with Gasteiger partial charge >= 0.3 is 0 Å². The Labute approximate surface area is 101 Å². The van der Waals surface area contributed by atoms with Crippen LogP contribution in [0.15, 0.2) is 23.1 Å². The summed E-state index contributed by atoms with van der Waals surface area (Å²) in [6, 6.07) is 6.89. The standard InChI is InChI=1S/C14H18OS/c15-10-14(7-8-14)16-13-6-5-11-3-1-2-4-12(11)9-13/h5-6,9,15H,1-4,7-8,10H2. The normalized spacial score (nSPS) is 21.6. The molecular weight excluding hydrogens is 216 g/mol. The fraction of sp³-hybridized carbons (Fsp3) is 0.571. The van der Waals surface area contributed by atoms with E-state index in [1.807, 2.05) is 11.8 Å². The smallest absolute Gasteiger partial charge is 0.0581 e. The van der Waals surface area contributed by atoms with Gasteiger partial charge in [-0.3, -0.25) is 0 Å². The lowest BCUT2D eigenvalue weighted by Crippen LogP contribution is -2.09. The molecule has 0 saturated heterocycles. The van der Waals surface area contributed by atoms with Crippen molar-refractivity contribution >= 4 is 11.8 Å². The van der Waals surface area contributed by atoms with Crippen molar-refractivity contribution in [3.63, 3.8) is 0 Å². The predicted molar refractivity (Wildman–Crippen MR) is 68.0 cm³/mol. The van der Waals surface area contributed by atoms with Crippen LogP contribution in [0, 0.1) is 0 Å². The molecule has 2 aliphatic carbocycles. The van der Waals surface area contributed by atoms with E-state index in [1.54, 1.807) is 11.1 Å². The Kier molecular flexibility index (Phi) is 2.72. The molecule has 0 atom stereocenters. The van der Waals surface area contributed by atoms with Crippen LogP contribution in [0.25, 0.3) is 0 Å². The lowest BCUT2D eigenvalue weighted by Gasteiger charge is -2.18. The predicted octanol–water partition coefficient (Wildman–Crippen LogP) is 3.18. The van der Waals surface area contributed by atoms with Gasteiger partial charge in [-0.25, -0.2) is 0 Å². The van der Waals surface area contributed by atoms with E-state index in [4.69, 9.17) is 0 Å². The highest BCUT2D eigenvalue weighted by Gasteiger charge is 2.43. The molecule has 1 N–H and O–H groups in total. The van der Waals surface area contributed by atoms with Crippen LogP contribution in [0.5, 0.6) is 0 Å². The summed E-state index contributed by atoms with van der Waals surface area (Å²) < 4.78 is 0.170. The number of aliphatic hydroxyl groups excluding tert-OH is 1. The van der Waals surface area contributed by atoms with Gasteiger partial charge in [0.2, 0.25) is 0 Å². The molecule has 0 aliphatic heterocycles. The van der Waals surface area contributed by atoms with Gasteiger partial charge in [-0.2, -0.15) is 0 Å². The van der Waals surface area contributed by atoms with Crippen molar-refractivity contribution in [2.75, 3.05) is 6.61 Å². The van der Waals surface area contributed by atoms with Crippen LogP contribution >= 0.6 is 11.8 Å². The Morgan fingerprint density at radius 2 is 1.88 bits per heavy atom. The quantitative estimate of drug-likeness (QED) is 0.867. The number of thioether (sulfide) groups is 1. The van der Waals surface area contributed by atoms with Gasteiger partial charge in [-0.05, 0) is 61.8 Å². The average Bonchev–Trinajstić information content (AvgIpc) is 3.09. The molecule has 0 radical (unpaired) electrons. The van der Waals surface area contributed by atoms with E-state index in [-0.39, 0.29) is 4.75 Å². The molecule has 1 aromatic carbocycles. The van der Waals surface area contributed by atoms with Crippen LogP contribution in [-0.2, 0) is 12.8 Å². The largest absolute Gasteiger partial charge is 0.395 e. The summed E-state index contributed by atoms with van der Waals surface area (Å²) in [5.41, 5.74) is 3.09. The van der Waals surface area contributed by atoms with Gasteiger partial charge in [0.15, 0.2) is 0 Å². The van der Waals surface area contributed by atoms with E-state index in [0.717, 1.165) is 0 Å². The van der Waals surface area contributed by atoms with Crippen molar-refractivity contribution in [2.45, 2.75) is 48.2 Å². The summed E-state index contributed by atoms with van der Waals surface area (Å²) in [5.74, 6) is 0. The summed E-state index contributed by atoms with van der Waals surface area (Å²) in [7, 11) is 0. The molecule has 3 rings (SSSR count). The van der Waals surface area contributed by atoms with Crippen molar-refractivity contribution in [1.82, 2.24) is 0 Å². The molecule has 0 bridgehead atoms. The lowest BCUT2D eigenvalue weighted by atomic mass is 9.92. The fourth-order valence-electron chi connectivity index (χ4n) is 2.46. The van der Waals surface area contributed by atoms with Crippen LogP contribution < -0.4 is 0 Å². The molecule has 1 fully saturated rings. The summed E-state index contributed by atoms with van der Waals surface area (Å²) >= 11 is 1.88. The number of benzene rings is 1. The van der Waals surface area contributed by atoms with Crippen molar-refractivity contribution in [1.29, 1.82) is 0 Å². The molecule has 2 heteroatoms. The van der Waals surface area contributed by atoms with Crippen LogP contribution in [0.2, 0.25) is 0 Å². The third-order valence-corrected chi connectivity index (χ3v) is 5.21. The second-order valence-corrected chi connectivity index (χ2v) is 6.62. The minimum atomic E-state index is 0.170. The first-order valence-electron chi connectivity index (χ1n) is 6.23. The lowest BCUT2D eigenvalue weighted by molar-refractivity contribution is 0.289. The van der Waals surface area contributed by atoms with Crippen molar-refractivity contribution in [3.8, 4) is 0 Å². The van der Waals surface area contributed by atoms with Gasteiger partial charge in [0.25, 0.3) is 0 Å². The molecule has 1 saturated carbocycles. The minimum Gasteiger partial charge on any atom is -0.395 e. The first-order valence-corrected chi connectivity index (χ1v) is 7.05. The Bertz CT molecular complexity index is 396. The zero-order valence-electron chi connectivity index (χ0n) is 9.54. The topological polar surface area (TPSA) is 20.2 Å². The number of hydrogen-bond donors (Lipinski definition) is 1. The molecule has 16 heavy (non-hydrogen) atoms. The maximum absolute atomic E-state index is 9.34. The van der Waals surface area contributed by atoms with Gasteiger partial charge in [0.1, 0.15) is 0 Å². The Morgan fingerprint density at radius 3 is 2.56 bits per heavy atom. The van der Waals surface area contributed by atoms with E-state index >= 15 is 0 Å². The van der Waals surface area contributed by atoms with Gasteiger partial charge in [-0.1, -0.05) is 6.07 Å². The highest BCUT2D eigenvalue weighted by Crippen LogP contribution is 2.51. The number of aliphatic hydroxyl groups is 1. The molecule has 2 aliphatic rings. The molecule has 0 aromatic heterocycles. The van der Waals surface area contributed by atoms with Gasteiger partial charge in [0, 0.05) is 9.64 Å². The third kappa shape index (κ3) is 2.01. The van der Waals surface area contributed by atoms with Gasteiger partial charge in [0.05, 0.1) is 6.61 Å². The summed E-state index contributed by atoms with van der Waals surface area (Å²) in [4.78, 5) is 1.35. The second-order valence-electron chi connectivity index (χ2n) is 5.08. The number of rotatable bonds is 3. The SMILES string of the molecule is OCC1(Sc2ccc3c(c2)CCCC3)CC1. The minimum absolute atomic E-state index is 0.170. The first kappa shape index (κ1) is 10.7. The summed E-state index contributed by atoms with van der Waals surface area (Å²) in [6.45, 7) is 0.328. The summed E-state index contributed by atoms with van der Waals surface area (Å²) in [6.07, 6.45) is 7.53. The van der Waals surface area contributed by atoms with E-state index in [1.165, 1.54) is 43.4 Å². The average molecular weight is 234 g/mol. The summed E-state index contributed by atoms with van der Waals surface area (Å²) in [5, 5.41) is 9.34. The Hall–Kier alpha value is -0.470. The van der Waals surface area contributed by atoms with E-state index in [9.17, 15) is 5.11 Å². The van der Waals surface area contributed by atoms with Crippen LogP contribution in [0.4, 0.5) is 0 Å². The van der Waals surface area contributed by atoms with E-state index in [0.29, 0.717) is 6.61 Å². The van der Waals surface area contributed by atoms with E-state index < -0.39 is 0 Å². The zero-order valence-corrected chi connectivity index (χ0v) is 10.4. The second kappa shape index (κ2) is 4.08. The molecule has 0 unspecified atom stereocenters. The molecule has 1 aromatic rings. The van der Waals surface area contributed by atoms with Crippen LogP contribution in [-0.4, -0.2) is 16.5 Å². The maximum Gasteiger partial charge on any atom is 0.0581 e. The first-order chi connectivity index (χ1) is 7.81.